The third-order valence-corrected chi connectivity index (χ3v) is 4.69. The highest BCUT2D eigenvalue weighted by molar-refractivity contribution is 9.09. The number of halogens is 1. The zero-order chi connectivity index (χ0) is 11.7. The van der Waals surface area contributed by atoms with Gasteiger partial charge in [-0.15, -0.1) is 0 Å². The molecule has 1 aliphatic carbocycles. The summed E-state index contributed by atoms with van der Waals surface area (Å²) in [5.41, 5.74) is 0.184. The quantitative estimate of drug-likeness (QED) is 0.448. The molecule has 96 valence electrons. The van der Waals surface area contributed by atoms with Crippen LogP contribution in [-0.2, 0) is 4.74 Å². The molecule has 0 radical (unpaired) electrons. The molecule has 0 unspecified atom stereocenters. The Balaban J connectivity index is 2.08. The Morgan fingerprint density at radius 2 is 1.69 bits per heavy atom. The molecule has 1 rings (SSSR count). The fourth-order valence-corrected chi connectivity index (χ4v) is 3.23. The molecule has 0 heterocycles. The van der Waals surface area contributed by atoms with Crippen LogP contribution in [0.4, 0.5) is 0 Å². The predicted octanol–water partition coefficient (Wildman–Crippen LogP) is 5.07. The van der Waals surface area contributed by atoms with Crippen LogP contribution in [0.3, 0.4) is 0 Å². The minimum Gasteiger partial charge on any atom is -0.374 e. The Labute approximate surface area is 109 Å². The van der Waals surface area contributed by atoms with E-state index >= 15 is 0 Å². The fourth-order valence-electron chi connectivity index (χ4n) is 2.51. The van der Waals surface area contributed by atoms with Gasteiger partial charge in [-0.05, 0) is 19.3 Å². The average Bonchev–Trinajstić information content (AvgIpc) is 2.35. The van der Waals surface area contributed by atoms with Crippen molar-refractivity contribution < 1.29 is 4.74 Å². The molecule has 0 amide bonds. The van der Waals surface area contributed by atoms with Crippen LogP contribution in [0.1, 0.15) is 71.1 Å². The van der Waals surface area contributed by atoms with E-state index in [0.717, 1.165) is 11.9 Å². The molecule has 2 heteroatoms. The van der Waals surface area contributed by atoms with E-state index in [1.807, 2.05) is 0 Å². The summed E-state index contributed by atoms with van der Waals surface area (Å²) in [6.45, 7) is 3.23. The lowest BCUT2D eigenvalue weighted by molar-refractivity contribution is -0.0527. The van der Waals surface area contributed by atoms with E-state index < -0.39 is 0 Å². The summed E-state index contributed by atoms with van der Waals surface area (Å²) in [5, 5.41) is 1.02. The minimum atomic E-state index is 0.184. The zero-order valence-corrected chi connectivity index (χ0v) is 12.4. The van der Waals surface area contributed by atoms with Crippen molar-refractivity contribution in [3.63, 3.8) is 0 Å². The molecule has 0 saturated heterocycles. The highest BCUT2D eigenvalue weighted by atomic mass is 79.9. The maximum atomic E-state index is 6.15. The lowest BCUT2D eigenvalue weighted by atomic mass is 9.86. The monoisotopic (exact) mass is 290 g/mol. The van der Waals surface area contributed by atoms with Crippen LogP contribution in [0.5, 0.6) is 0 Å². The second-order valence-electron chi connectivity index (χ2n) is 5.14. The zero-order valence-electron chi connectivity index (χ0n) is 10.8. The van der Waals surface area contributed by atoms with Crippen molar-refractivity contribution in [2.45, 2.75) is 76.7 Å². The number of ether oxygens (including phenoxy) is 1. The number of unbranched alkanes of at least 4 members (excludes halogenated alkanes) is 4. The molecular weight excluding hydrogens is 264 g/mol. The molecule has 0 aromatic heterocycles. The third-order valence-electron chi connectivity index (χ3n) is 3.66. The Hall–Kier alpha value is 0.440. The van der Waals surface area contributed by atoms with Crippen LogP contribution in [0, 0.1) is 0 Å². The van der Waals surface area contributed by atoms with Gasteiger partial charge < -0.3 is 4.74 Å². The van der Waals surface area contributed by atoms with E-state index in [0.29, 0.717) is 0 Å². The smallest absolute Gasteiger partial charge is 0.0778 e. The molecule has 1 nitrogen and oxygen atoms in total. The summed E-state index contributed by atoms with van der Waals surface area (Å²) in [5.74, 6) is 0. The van der Waals surface area contributed by atoms with Crippen molar-refractivity contribution in [2.24, 2.45) is 0 Å². The molecule has 1 aliphatic rings. The molecular formula is C14H27BrO. The van der Waals surface area contributed by atoms with Crippen LogP contribution in [-0.4, -0.2) is 17.5 Å². The second-order valence-corrected chi connectivity index (χ2v) is 5.70. The van der Waals surface area contributed by atoms with Gasteiger partial charge in [-0.2, -0.15) is 0 Å². The van der Waals surface area contributed by atoms with E-state index in [1.165, 1.54) is 64.2 Å². The van der Waals surface area contributed by atoms with Crippen molar-refractivity contribution in [3.05, 3.63) is 0 Å². The molecule has 16 heavy (non-hydrogen) atoms. The normalized spacial score (nSPS) is 19.9. The van der Waals surface area contributed by atoms with Gasteiger partial charge in [0.15, 0.2) is 0 Å². The van der Waals surface area contributed by atoms with Crippen LogP contribution < -0.4 is 0 Å². The topological polar surface area (TPSA) is 9.23 Å². The van der Waals surface area contributed by atoms with E-state index in [1.54, 1.807) is 0 Å². The first-order chi connectivity index (χ1) is 7.83. The molecule has 1 fully saturated rings. The largest absolute Gasteiger partial charge is 0.374 e. The van der Waals surface area contributed by atoms with Gasteiger partial charge in [0, 0.05) is 11.9 Å². The van der Waals surface area contributed by atoms with E-state index in [2.05, 4.69) is 22.9 Å². The number of rotatable bonds is 8. The van der Waals surface area contributed by atoms with Crippen molar-refractivity contribution in [2.75, 3.05) is 11.9 Å². The predicted molar refractivity (Wildman–Crippen MR) is 74.3 cm³/mol. The highest BCUT2D eigenvalue weighted by Crippen LogP contribution is 2.33. The van der Waals surface area contributed by atoms with Crippen LogP contribution in [0.2, 0.25) is 0 Å². The average molecular weight is 291 g/mol. The van der Waals surface area contributed by atoms with Gasteiger partial charge in [-0.1, -0.05) is 67.8 Å². The van der Waals surface area contributed by atoms with Gasteiger partial charge in [0.25, 0.3) is 0 Å². The SMILES string of the molecule is CCCCCCCOC1(CBr)CCCCC1. The lowest BCUT2D eigenvalue weighted by Gasteiger charge is -2.35. The first-order valence-corrected chi connectivity index (χ1v) is 8.15. The van der Waals surface area contributed by atoms with E-state index in [4.69, 9.17) is 4.74 Å². The summed E-state index contributed by atoms with van der Waals surface area (Å²) in [6.07, 6.45) is 13.3. The van der Waals surface area contributed by atoms with Crippen LogP contribution in [0.25, 0.3) is 0 Å². The summed E-state index contributed by atoms with van der Waals surface area (Å²) in [7, 11) is 0. The van der Waals surface area contributed by atoms with Crippen molar-refractivity contribution >= 4 is 15.9 Å². The van der Waals surface area contributed by atoms with Gasteiger partial charge in [0.1, 0.15) is 0 Å². The van der Waals surface area contributed by atoms with E-state index in [9.17, 15) is 0 Å². The molecule has 0 aliphatic heterocycles. The number of alkyl halides is 1. The minimum absolute atomic E-state index is 0.184. The van der Waals surface area contributed by atoms with Crippen molar-refractivity contribution in [1.29, 1.82) is 0 Å². The summed E-state index contributed by atoms with van der Waals surface area (Å²) in [4.78, 5) is 0. The Kier molecular flexibility index (Phi) is 7.72. The molecule has 0 aromatic rings. The van der Waals surface area contributed by atoms with Crippen LogP contribution in [0.15, 0.2) is 0 Å². The van der Waals surface area contributed by atoms with Crippen molar-refractivity contribution in [3.8, 4) is 0 Å². The van der Waals surface area contributed by atoms with Gasteiger partial charge in [-0.25, -0.2) is 0 Å². The molecule has 0 aromatic carbocycles. The molecule has 1 saturated carbocycles. The molecule has 0 atom stereocenters. The van der Waals surface area contributed by atoms with Gasteiger partial charge in [-0.3, -0.25) is 0 Å². The maximum absolute atomic E-state index is 6.15. The molecule has 0 N–H and O–H groups in total. The standard InChI is InChI=1S/C14H27BrO/c1-2-3-4-5-9-12-16-14(13-15)10-7-6-8-11-14/h2-13H2,1H3. The fraction of sp³-hybridized carbons (Fsp3) is 1.00. The Morgan fingerprint density at radius 1 is 1.00 bits per heavy atom. The van der Waals surface area contributed by atoms with E-state index in [-0.39, 0.29) is 5.60 Å². The number of hydrogen-bond donors (Lipinski definition) is 0. The second kappa shape index (κ2) is 8.52. The van der Waals surface area contributed by atoms with Gasteiger partial charge in [0.05, 0.1) is 5.60 Å². The first kappa shape index (κ1) is 14.5. The molecule has 0 bridgehead atoms. The Bertz CT molecular complexity index is 164. The first-order valence-electron chi connectivity index (χ1n) is 7.03. The number of hydrogen-bond acceptors (Lipinski definition) is 1. The summed E-state index contributed by atoms with van der Waals surface area (Å²) in [6, 6.07) is 0. The Morgan fingerprint density at radius 3 is 2.31 bits per heavy atom. The lowest BCUT2D eigenvalue weighted by Crippen LogP contribution is -2.37. The maximum Gasteiger partial charge on any atom is 0.0778 e. The highest BCUT2D eigenvalue weighted by Gasteiger charge is 2.31. The van der Waals surface area contributed by atoms with Gasteiger partial charge in [0.2, 0.25) is 0 Å². The van der Waals surface area contributed by atoms with Crippen molar-refractivity contribution in [1.82, 2.24) is 0 Å². The summed E-state index contributed by atoms with van der Waals surface area (Å²) >= 11 is 3.64. The van der Waals surface area contributed by atoms with Crippen LogP contribution >= 0.6 is 15.9 Å². The van der Waals surface area contributed by atoms with Gasteiger partial charge >= 0.3 is 0 Å². The summed E-state index contributed by atoms with van der Waals surface area (Å²) < 4.78 is 6.15. The molecule has 0 spiro atoms. The third kappa shape index (κ3) is 5.18.